The highest BCUT2D eigenvalue weighted by atomic mass is 16.5. The predicted octanol–water partition coefficient (Wildman–Crippen LogP) is 4.41. The largest absolute Gasteiger partial charge is 0.462 e. The van der Waals surface area contributed by atoms with Crippen molar-refractivity contribution in [3.63, 3.8) is 0 Å². The Morgan fingerprint density at radius 3 is 1.92 bits per heavy atom. The van der Waals surface area contributed by atoms with Crippen molar-refractivity contribution in [1.82, 2.24) is 0 Å². The second kappa shape index (κ2) is 9.03. The van der Waals surface area contributed by atoms with Gasteiger partial charge in [-0.2, -0.15) is 0 Å². The Bertz CT molecular complexity index is 830. The molecular formula is C21H18O5. The van der Waals surface area contributed by atoms with Crippen molar-refractivity contribution in [3.05, 3.63) is 85.9 Å². The molecule has 0 N–H and O–H groups in total. The summed E-state index contributed by atoms with van der Waals surface area (Å²) in [5, 5.41) is 0. The van der Waals surface area contributed by atoms with Gasteiger partial charge < -0.3 is 14.2 Å². The molecule has 0 aliphatic rings. The van der Waals surface area contributed by atoms with Crippen LogP contribution in [0, 0.1) is 0 Å². The molecule has 132 valence electrons. The molecule has 26 heavy (non-hydrogen) atoms. The lowest BCUT2D eigenvalue weighted by Crippen LogP contribution is -2.07. The molecule has 5 heteroatoms. The van der Waals surface area contributed by atoms with Gasteiger partial charge in [0.1, 0.15) is 24.0 Å². The molecule has 0 unspecified atom stereocenters. The molecule has 0 radical (unpaired) electrons. The Morgan fingerprint density at radius 1 is 0.885 bits per heavy atom. The van der Waals surface area contributed by atoms with Crippen LogP contribution in [0.1, 0.15) is 6.92 Å². The lowest BCUT2D eigenvalue weighted by Gasteiger charge is -2.06. The molecule has 0 saturated carbocycles. The van der Waals surface area contributed by atoms with Gasteiger partial charge in [-0.1, -0.05) is 37.4 Å². The van der Waals surface area contributed by atoms with E-state index in [0.717, 1.165) is 23.5 Å². The molecule has 2 aromatic rings. The van der Waals surface area contributed by atoms with Crippen molar-refractivity contribution in [2.75, 3.05) is 0 Å². The molecule has 0 amide bonds. The molecule has 0 aliphatic heterocycles. The van der Waals surface area contributed by atoms with E-state index in [0.29, 0.717) is 17.1 Å². The third kappa shape index (κ3) is 5.49. The summed E-state index contributed by atoms with van der Waals surface area (Å²) in [5.41, 5.74) is 2.28. The van der Waals surface area contributed by atoms with E-state index in [9.17, 15) is 9.59 Å². The average Bonchev–Trinajstić information content (AvgIpc) is 2.66. The van der Waals surface area contributed by atoms with Crippen LogP contribution in [0.15, 0.2) is 85.9 Å². The maximum absolute atomic E-state index is 11.5. The first-order valence-corrected chi connectivity index (χ1v) is 7.72. The number of benzene rings is 2. The van der Waals surface area contributed by atoms with Crippen LogP contribution in [-0.4, -0.2) is 11.9 Å². The van der Waals surface area contributed by atoms with E-state index in [1.807, 2.05) is 24.3 Å². The van der Waals surface area contributed by atoms with Gasteiger partial charge in [0, 0.05) is 11.6 Å². The zero-order chi connectivity index (χ0) is 18.9. The van der Waals surface area contributed by atoms with Crippen LogP contribution in [0.3, 0.4) is 0 Å². The highest BCUT2D eigenvalue weighted by Gasteiger charge is 2.05. The Balaban J connectivity index is 1.97. The molecule has 0 fully saturated rings. The summed E-state index contributed by atoms with van der Waals surface area (Å²) in [4.78, 5) is 22.4. The Morgan fingerprint density at radius 2 is 1.42 bits per heavy atom. The van der Waals surface area contributed by atoms with Gasteiger partial charge >= 0.3 is 11.9 Å². The Hall–Kier alpha value is -3.60. The summed E-state index contributed by atoms with van der Waals surface area (Å²) in [5.74, 6) is 0.0382. The Kier molecular flexibility index (Phi) is 6.51. The molecule has 2 rings (SSSR count). The minimum absolute atomic E-state index is 0.345. The molecule has 0 aromatic heterocycles. The Labute approximate surface area is 151 Å². The van der Waals surface area contributed by atoms with Crippen LogP contribution in [0.5, 0.6) is 11.5 Å². The van der Waals surface area contributed by atoms with Crippen molar-refractivity contribution in [2.45, 2.75) is 6.92 Å². The van der Waals surface area contributed by atoms with Crippen LogP contribution in [0.25, 0.3) is 11.1 Å². The van der Waals surface area contributed by atoms with Gasteiger partial charge in [-0.3, -0.25) is 0 Å². The van der Waals surface area contributed by atoms with Crippen molar-refractivity contribution in [2.24, 2.45) is 0 Å². The first-order valence-electron chi connectivity index (χ1n) is 7.72. The molecular weight excluding hydrogens is 332 g/mol. The SMILES string of the molecule is C=CC(=O)O/C=C\Oc1ccc(-c2ccc(OC(=O)C(=C)C)cc2)cc1. The highest BCUT2D eigenvalue weighted by molar-refractivity contribution is 5.88. The van der Waals surface area contributed by atoms with Crippen molar-refractivity contribution in [3.8, 4) is 22.6 Å². The van der Waals surface area contributed by atoms with E-state index in [2.05, 4.69) is 17.9 Å². The normalized spacial score (nSPS) is 10.2. The lowest BCUT2D eigenvalue weighted by atomic mass is 10.1. The van der Waals surface area contributed by atoms with E-state index in [4.69, 9.17) is 9.47 Å². The van der Waals surface area contributed by atoms with Crippen LogP contribution in [0.2, 0.25) is 0 Å². The second-order valence-electron chi connectivity index (χ2n) is 5.25. The van der Waals surface area contributed by atoms with E-state index >= 15 is 0 Å². The maximum Gasteiger partial charge on any atom is 0.338 e. The summed E-state index contributed by atoms with van der Waals surface area (Å²) >= 11 is 0. The topological polar surface area (TPSA) is 61.8 Å². The first kappa shape index (κ1) is 18.7. The number of rotatable bonds is 7. The number of hydrogen-bond acceptors (Lipinski definition) is 5. The fraction of sp³-hybridized carbons (Fsp3) is 0.0476. The fourth-order valence-electron chi connectivity index (χ4n) is 1.88. The molecule has 0 heterocycles. The number of ether oxygens (including phenoxy) is 3. The molecule has 2 aromatic carbocycles. The van der Waals surface area contributed by atoms with E-state index in [1.165, 1.54) is 6.26 Å². The predicted molar refractivity (Wildman–Crippen MR) is 98.4 cm³/mol. The van der Waals surface area contributed by atoms with Crippen LogP contribution < -0.4 is 9.47 Å². The van der Waals surface area contributed by atoms with E-state index in [1.54, 1.807) is 31.2 Å². The summed E-state index contributed by atoms with van der Waals surface area (Å²) < 4.78 is 15.1. The van der Waals surface area contributed by atoms with Crippen LogP contribution in [-0.2, 0) is 14.3 Å². The minimum atomic E-state index is -0.558. The summed E-state index contributed by atoms with van der Waals surface area (Å²) in [7, 11) is 0. The molecule has 0 saturated heterocycles. The van der Waals surface area contributed by atoms with Crippen molar-refractivity contribution < 1.29 is 23.8 Å². The van der Waals surface area contributed by atoms with Gasteiger partial charge in [0.2, 0.25) is 0 Å². The summed E-state index contributed by atoms with van der Waals surface area (Å²) in [6.07, 6.45) is 3.47. The molecule has 0 aliphatic carbocycles. The zero-order valence-electron chi connectivity index (χ0n) is 14.3. The molecule has 0 spiro atoms. The van der Waals surface area contributed by atoms with E-state index in [-0.39, 0.29) is 0 Å². The number of carbonyl (C=O) groups is 2. The third-order valence-electron chi connectivity index (χ3n) is 3.21. The number of hydrogen-bond donors (Lipinski definition) is 0. The molecule has 0 bridgehead atoms. The average molecular weight is 350 g/mol. The van der Waals surface area contributed by atoms with Crippen molar-refractivity contribution >= 4 is 11.9 Å². The number of carbonyl (C=O) groups excluding carboxylic acids is 2. The standard InChI is InChI=1S/C21H18O5/c1-4-20(22)25-14-13-24-18-9-5-16(6-10-18)17-7-11-19(12-8-17)26-21(23)15(2)3/h4-14H,1-2H2,3H3/b14-13-. The zero-order valence-corrected chi connectivity index (χ0v) is 14.3. The summed E-state index contributed by atoms with van der Waals surface area (Å²) in [6.45, 7) is 8.43. The maximum atomic E-state index is 11.5. The van der Waals surface area contributed by atoms with Gasteiger partial charge in [0.15, 0.2) is 0 Å². The molecule has 0 atom stereocenters. The summed E-state index contributed by atoms with van der Waals surface area (Å²) in [6, 6.07) is 14.5. The van der Waals surface area contributed by atoms with Gasteiger partial charge in [0.25, 0.3) is 0 Å². The van der Waals surface area contributed by atoms with Crippen molar-refractivity contribution in [1.29, 1.82) is 0 Å². The van der Waals surface area contributed by atoms with Gasteiger partial charge in [-0.15, -0.1) is 0 Å². The van der Waals surface area contributed by atoms with E-state index < -0.39 is 11.9 Å². The lowest BCUT2D eigenvalue weighted by molar-refractivity contribution is -0.132. The van der Waals surface area contributed by atoms with Gasteiger partial charge in [0.05, 0.1) is 0 Å². The fourth-order valence-corrected chi connectivity index (χ4v) is 1.88. The smallest absolute Gasteiger partial charge is 0.338 e. The highest BCUT2D eigenvalue weighted by Crippen LogP contribution is 2.25. The van der Waals surface area contributed by atoms with Gasteiger partial charge in [-0.05, 0) is 42.3 Å². The van der Waals surface area contributed by atoms with Gasteiger partial charge in [-0.25, -0.2) is 9.59 Å². The second-order valence-corrected chi connectivity index (χ2v) is 5.25. The van der Waals surface area contributed by atoms with Crippen LogP contribution in [0.4, 0.5) is 0 Å². The van der Waals surface area contributed by atoms with Crippen LogP contribution >= 0.6 is 0 Å². The number of esters is 2. The molecule has 5 nitrogen and oxygen atoms in total. The quantitative estimate of drug-likeness (QED) is 0.320. The third-order valence-corrected chi connectivity index (χ3v) is 3.21. The first-order chi connectivity index (χ1) is 12.5. The monoisotopic (exact) mass is 350 g/mol. The minimum Gasteiger partial charge on any atom is -0.462 e.